The van der Waals surface area contributed by atoms with Crippen LogP contribution in [0.1, 0.15) is 54.3 Å². The molecule has 3 heterocycles. The number of rotatable bonds is 8. The van der Waals surface area contributed by atoms with E-state index in [0.717, 1.165) is 12.8 Å². The van der Waals surface area contributed by atoms with Crippen LogP contribution < -0.4 is 15.0 Å². The molecule has 176 valence electrons. The number of aromatic carboxylic acids is 1. The molecule has 8 nitrogen and oxygen atoms in total. The smallest absolute Gasteiger partial charge is 0.341 e. The number of methoxy groups -OCH3 is 1. The molecule has 0 radical (unpaired) electrons. The van der Waals surface area contributed by atoms with Gasteiger partial charge in [-0.1, -0.05) is 18.5 Å². The Morgan fingerprint density at radius 3 is 2.64 bits per heavy atom. The molecule has 1 saturated carbocycles. The molecule has 2 aromatic rings. The minimum absolute atomic E-state index is 0.0358. The molecule has 1 aliphatic carbocycles. The van der Waals surface area contributed by atoms with Crippen molar-refractivity contribution in [2.24, 2.45) is 5.41 Å². The molecule has 1 aromatic heterocycles. The van der Waals surface area contributed by atoms with Crippen molar-refractivity contribution in [1.29, 1.82) is 0 Å². The van der Waals surface area contributed by atoms with Crippen LogP contribution in [0.15, 0.2) is 23.0 Å². The highest BCUT2D eigenvalue weighted by atomic mass is 35.5. The highest BCUT2D eigenvalue weighted by Crippen LogP contribution is 2.54. The monoisotopic (exact) mass is 475 g/mol. The average molecular weight is 476 g/mol. The molecule has 1 N–H and O–H groups in total. The van der Waals surface area contributed by atoms with Crippen molar-refractivity contribution in [2.75, 3.05) is 33.5 Å². The number of nitrogens with zero attached hydrogens (tertiary/aromatic N) is 1. The predicted molar refractivity (Wildman–Crippen MR) is 121 cm³/mol. The largest absolute Gasteiger partial charge is 0.492 e. The average Bonchev–Trinajstić information content (AvgIpc) is 3.59. The molecule has 0 bridgehead atoms. The van der Waals surface area contributed by atoms with E-state index >= 15 is 0 Å². The molecule has 1 saturated heterocycles. The van der Waals surface area contributed by atoms with Crippen LogP contribution in [0, 0.1) is 5.41 Å². The van der Waals surface area contributed by atoms with Crippen molar-refractivity contribution >= 4 is 17.6 Å². The van der Waals surface area contributed by atoms with Crippen LogP contribution in [0.3, 0.4) is 0 Å². The first-order chi connectivity index (χ1) is 15.8. The van der Waals surface area contributed by atoms with Crippen LogP contribution in [0.25, 0.3) is 11.3 Å². The zero-order valence-electron chi connectivity index (χ0n) is 18.6. The van der Waals surface area contributed by atoms with E-state index < -0.39 is 17.6 Å². The molecule has 2 fully saturated rings. The first kappa shape index (κ1) is 22.3. The van der Waals surface area contributed by atoms with Gasteiger partial charge >= 0.3 is 5.97 Å². The summed E-state index contributed by atoms with van der Waals surface area (Å²) in [5.74, 6) is -0.190. The van der Waals surface area contributed by atoms with Crippen LogP contribution in [0.2, 0.25) is 5.02 Å². The fourth-order valence-corrected chi connectivity index (χ4v) is 4.79. The van der Waals surface area contributed by atoms with Crippen LogP contribution in [0.5, 0.6) is 11.5 Å². The molecule has 1 atom stereocenters. The van der Waals surface area contributed by atoms with Crippen molar-refractivity contribution in [2.45, 2.75) is 38.3 Å². The van der Waals surface area contributed by atoms with Crippen molar-refractivity contribution in [3.05, 3.63) is 44.7 Å². The summed E-state index contributed by atoms with van der Waals surface area (Å²) in [6.07, 6.45) is 1.89. The molecule has 3 aliphatic rings. The minimum Gasteiger partial charge on any atom is -0.492 e. The number of pyridine rings is 1. The SMILES string of the molecule is COCCCOc1cc2c(cc1Cl)-c1c(cc(C(=O)O)c(=O)n1C1CC1)[C@@H](C1(C)COC1)O2. The van der Waals surface area contributed by atoms with E-state index in [0.29, 0.717) is 66.2 Å². The Morgan fingerprint density at radius 2 is 2.03 bits per heavy atom. The number of fused-ring (bicyclic) bond motifs is 3. The van der Waals surface area contributed by atoms with E-state index in [1.54, 1.807) is 23.8 Å². The summed E-state index contributed by atoms with van der Waals surface area (Å²) in [6.45, 7) is 4.01. The van der Waals surface area contributed by atoms with Crippen LogP contribution in [0.4, 0.5) is 0 Å². The fraction of sp³-hybridized carbons (Fsp3) is 0.500. The number of carboxylic acid groups (broad SMARTS) is 1. The highest BCUT2D eigenvalue weighted by molar-refractivity contribution is 6.32. The summed E-state index contributed by atoms with van der Waals surface area (Å²) < 4.78 is 24.5. The lowest BCUT2D eigenvalue weighted by Crippen LogP contribution is -2.48. The van der Waals surface area contributed by atoms with E-state index in [1.165, 1.54) is 6.07 Å². The maximum absolute atomic E-state index is 13.2. The molecule has 0 amide bonds. The van der Waals surface area contributed by atoms with E-state index in [4.69, 9.17) is 30.5 Å². The van der Waals surface area contributed by atoms with Crippen LogP contribution >= 0.6 is 11.6 Å². The lowest BCUT2D eigenvalue weighted by Gasteiger charge is -2.46. The van der Waals surface area contributed by atoms with Gasteiger partial charge in [0.05, 0.1) is 36.0 Å². The molecular weight excluding hydrogens is 450 g/mol. The van der Waals surface area contributed by atoms with Gasteiger partial charge in [-0.25, -0.2) is 4.79 Å². The molecule has 5 rings (SSSR count). The van der Waals surface area contributed by atoms with Gasteiger partial charge in [0.2, 0.25) is 0 Å². The third-order valence-electron chi connectivity index (χ3n) is 6.47. The van der Waals surface area contributed by atoms with Gasteiger partial charge in [-0.05, 0) is 25.0 Å². The third-order valence-corrected chi connectivity index (χ3v) is 6.76. The zero-order valence-corrected chi connectivity index (χ0v) is 19.3. The second kappa shape index (κ2) is 8.34. The molecule has 33 heavy (non-hydrogen) atoms. The van der Waals surface area contributed by atoms with Crippen LogP contribution in [-0.2, 0) is 9.47 Å². The number of halogens is 1. The summed E-state index contributed by atoms with van der Waals surface area (Å²) in [7, 11) is 1.64. The lowest BCUT2D eigenvalue weighted by atomic mass is 9.76. The summed E-state index contributed by atoms with van der Waals surface area (Å²) in [5.41, 5.74) is 0.932. The lowest BCUT2D eigenvalue weighted by molar-refractivity contribution is -0.156. The molecule has 9 heteroatoms. The minimum atomic E-state index is -1.24. The summed E-state index contributed by atoms with van der Waals surface area (Å²) in [4.78, 5) is 25.1. The maximum Gasteiger partial charge on any atom is 0.341 e. The Morgan fingerprint density at radius 1 is 1.27 bits per heavy atom. The number of aromatic nitrogens is 1. The molecule has 0 unspecified atom stereocenters. The van der Waals surface area contributed by atoms with Crippen molar-refractivity contribution in [3.63, 3.8) is 0 Å². The van der Waals surface area contributed by atoms with Crippen LogP contribution in [-0.4, -0.2) is 49.2 Å². The summed E-state index contributed by atoms with van der Waals surface area (Å²) in [5, 5.41) is 10.1. The Labute approximate surface area is 196 Å². The van der Waals surface area contributed by atoms with Crippen molar-refractivity contribution in [3.8, 4) is 22.8 Å². The van der Waals surface area contributed by atoms with E-state index in [-0.39, 0.29) is 17.0 Å². The highest BCUT2D eigenvalue weighted by Gasteiger charge is 2.48. The van der Waals surface area contributed by atoms with E-state index in [2.05, 4.69) is 0 Å². The maximum atomic E-state index is 13.2. The standard InChI is InChI=1S/C24H26ClNO7/c1-24(11-31-12-24)21-15-8-16(23(28)29)22(27)26(13-4-5-13)20(15)14-9-17(25)19(10-18(14)33-21)32-7-3-6-30-2/h8-10,13,21H,3-7,11-12H2,1-2H3,(H,28,29)/t21-/m0/s1. The first-order valence-corrected chi connectivity index (χ1v) is 11.4. The molecule has 2 aliphatic heterocycles. The molecule has 0 spiro atoms. The van der Waals surface area contributed by atoms with Gasteiger partial charge in [-0.2, -0.15) is 0 Å². The van der Waals surface area contributed by atoms with E-state index in [9.17, 15) is 14.7 Å². The molecular formula is C24H26ClNO7. The third kappa shape index (κ3) is 3.80. The fourth-order valence-electron chi connectivity index (χ4n) is 4.57. The second-order valence-electron chi connectivity index (χ2n) is 9.19. The Kier molecular flexibility index (Phi) is 5.63. The topological polar surface area (TPSA) is 96.2 Å². The van der Waals surface area contributed by atoms with Gasteiger partial charge < -0.3 is 28.6 Å². The second-order valence-corrected chi connectivity index (χ2v) is 9.60. The Hall–Kier alpha value is -2.55. The molecule has 1 aromatic carbocycles. The van der Waals surface area contributed by atoms with Gasteiger partial charge in [-0.3, -0.25) is 4.79 Å². The first-order valence-electron chi connectivity index (χ1n) is 11.1. The van der Waals surface area contributed by atoms with Gasteiger partial charge in [0.1, 0.15) is 23.2 Å². The van der Waals surface area contributed by atoms with Crippen molar-refractivity contribution < 1.29 is 28.8 Å². The summed E-state index contributed by atoms with van der Waals surface area (Å²) >= 11 is 6.56. The Bertz CT molecular complexity index is 1170. The van der Waals surface area contributed by atoms with Crippen molar-refractivity contribution in [1.82, 2.24) is 4.57 Å². The Balaban J connectivity index is 1.68. The number of carbonyl (C=O) groups is 1. The number of ether oxygens (including phenoxy) is 4. The predicted octanol–water partition coefficient (Wildman–Crippen LogP) is 4.09. The number of hydrogen-bond donors (Lipinski definition) is 1. The normalized spacial score (nSPS) is 20.3. The van der Waals surface area contributed by atoms with Gasteiger partial charge in [0.25, 0.3) is 5.56 Å². The quantitative estimate of drug-likeness (QED) is 0.574. The number of hydrogen-bond acceptors (Lipinski definition) is 6. The van der Waals surface area contributed by atoms with Gasteiger partial charge in [0, 0.05) is 43.4 Å². The van der Waals surface area contributed by atoms with Gasteiger partial charge in [-0.15, -0.1) is 0 Å². The summed E-state index contributed by atoms with van der Waals surface area (Å²) in [6, 6.07) is 4.94. The number of benzene rings is 1. The van der Waals surface area contributed by atoms with Gasteiger partial charge in [0.15, 0.2) is 0 Å². The number of carboxylic acids is 1. The zero-order chi connectivity index (χ0) is 23.3. The van der Waals surface area contributed by atoms with E-state index in [1.807, 2.05) is 6.92 Å².